The van der Waals surface area contributed by atoms with Crippen molar-refractivity contribution >= 4 is 28.6 Å². The molecule has 15 heavy (non-hydrogen) atoms. The van der Waals surface area contributed by atoms with Crippen LogP contribution < -0.4 is 4.74 Å². The van der Waals surface area contributed by atoms with Crippen LogP contribution in [0.3, 0.4) is 0 Å². The van der Waals surface area contributed by atoms with E-state index in [1.165, 1.54) is 17.4 Å². The first-order valence-corrected chi connectivity index (χ1v) is 5.64. The van der Waals surface area contributed by atoms with Gasteiger partial charge in [-0.3, -0.25) is 0 Å². The Hall–Kier alpha value is -1.47. The van der Waals surface area contributed by atoms with Gasteiger partial charge in [0.2, 0.25) is 0 Å². The monoisotopic (exact) mass is 242 g/mol. The largest absolute Gasteiger partial charge is 0.477 e. The average Bonchev–Trinajstić information content (AvgIpc) is 2.76. The van der Waals surface area contributed by atoms with Gasteiger partial charge in [0.1, 0.15) is 15.6 Å². The molecule has 0 unspecified atom stereocenters. The fourth-order valence-corrected chi connectivity index (χ4v) is 2.10. The van der Waals surface area contributed by atoms with Crippen LogP contribution in [0.5, 0.6) is 10.9 Å². The fourth-order valence-electron chi connectivity index (χ4n) is 0.905. The molecule has 2 aromatic rings. The van der Waals surface area contributed by atoms with Gasteiger partial charge in [0.05, 0.1) is 0 Å². The van der Waals surface area contributed by atoms with E-state index in [-0.39, 0.29) is 4.88 Å². The SMILES string of the molecule is Cc1nnc(Oc2csc(C(=O)O)c2)s1. The van der Waals surface area contributed by atoms with Crippen molar-refractivity contribution in [1.29, 1.82) is 0 Å². The summed E-state index contributed by atoms with van der Waals surface area (Å²) in [6.07, 6.45) is 0. The Morgan fingerprint density at radius 3 is 2.87 bits per heavy atom. The lowest BCUT2D eigenvalue weighted by Crippen LogP contribution is -1.90. The molecule has 5 nitrogen and oxygen atoms in total. The number of ether oxygens (including phenoxy) is 1. The summed E-state index contributed by atoms with van der Waals surface area (Å²) in [5.74, 6) is -0.475. The molecule has 2 aromatic heterocycles. The van der Waals surface area contributed by atoms with Crippen LogP contribution in [-0.4, -0.2) is 21.3 Å². The van der Waals surface area contributed by atoms with E-state index in [0.717, 1.165) is 16.3 Å². The van der Waals surface area contributed by atoms with E-state index in [1.54, 1.807) is 5.38 Å². The van der Waals surface area contributed by atoms with Gasteiger partial charge in [0.25, 0.3) is 5.19 Å². The van der Waals surface area contributed by atoms with Gasteiger partial charge in [0.15, 0.2) is 0 Å². The van der Waals surface area contributed by atoms with Crippen molar-refractivity contribution in [2.24, 2.45) is 0 Å². The van der Waals surface area contributed by atoms with Gasteiger partial charge in [-0.1, -0.05) is 16.4 Å². The first kappa shape index (κ1) is 10.1. The molecule has 0 aromatic carbocycles. The zero-order valence-corrected chi connectivity index (χ0v) is 9.26. The molecule has 2 heterocycles. The number of carbonyl (C=O) groups is 1. The number of thiophene rings is 1. The molecule has 78 valence electrons. The van der Waals surface area contributed by atoms with E-state index >= 15 is 0 Å². The third-order valence-electron chi connectivity index (χ3n) is 1.50. The number of hydrogen-bond acceptors (Lipinski definition) is 6. The van der Waals surface area contributed by atoms with Crippen LogP contribution in [0.1, 0.15) is 14.7 Å². The highest BCUT2D eigenvalue weighted by Crippen LogP contribution is 2.28. The molecule has 0 amide bonds. The minimum absolute atomic E-state index is 0.242. The molecule has 0 spiro atoms. The van der Waals surface area contributed by atoms with Crippen LogP contribution in [0, 0.1) is 6.92 Å². The molecule has 1 N–H and O–H groups in total. The molecule has 0 aliphatic carbocycles. The summed E-state index contributed by atoms with van der Waals surface area (Å²) in [4.78, 5) is 10.8. The van der Waals surface area contributed by atoms with Crippen molar-refractivity contribution < 1.29 is 14.6 Å². The van der Waals surface area contributed by atoms with Crippen molar-refractivity contribution in [2.75, 3.05) is 0 Å². The van der Waals surface area contributed by atoms with Crippen LogP contribution in [0.15, 0.2) is 11.4 Å². The lowest BCUT2D eigenvalue weighted by Gasteiger charge is -1.93. The first-order valence-electron chi connectivity index (χ1n) is 3.95. The quantitative estimate of drug-likeness (QED) is 0.894. The molecule has 0 fully saturated rings. The van der Waals surface area contributed by atoms with Crippen LogP contribution in [0.4, 0.5) is 0 Å². The smallest absolute Gasteiger partial charge is 0.346 e. The molecule has 7 heteroatoms. The molecule has 0 saturated carbocycles. The second-order valence-electron chi connectivity index (χ2n) is 2.64. The summed E-state index contributed by atoms with van der Waals surface area (Å²) < 4.78 is 5.32. The van der Waals surface area contributed by atoms with Gasteiger partial charge in [0, 0.05) is 11.4 Å². The molecule has 0 radical (unpaired) electrons. The van der Waals surface area contributed by atoms with Crippen LogP contribution in [0.25, 0.3) is 0 Å². The third kappa shape index (κ3) is 2.31. The minimum atomic E-state index is -0.955. The highest BCUT2D eigenvalue weighted by atomic mass is 32.1. The number of rotatable bonds is 3. The second kappa shape index (κ2) is 3.95. The third-order valence-corrected chi connectivity index (χ3v) is 3.11. The predicted molar refractivity (Wildman–Crippen MR) is 56.0 cm³/mol. The van der Waals surface area contributed by atoms with Crippen molar-refractivity contribution in [3.63, 3.8) is 0 Å². The summed E-state index contributed by atoms with van der Waals surface area (Å²) in [5, 5.41) is 19.1. The van der Waals surface area contributed by atoms with Gasteiger partial charge >= 0.3 is 5.97 Å². The van der Waals surface area contributed by atoms with Crippen LogP contribution in [-0.2, 0) is 0 Å². The molecule has 0 aliphatic rings. The number of aromatic carboxylic acids is 1. The molecule has 0 bridgehead atoms. The molecular weight excluding hydrogens is 236 g/mol. The predicted octanol–water partition coefficient (Wildman–Crippen LogP) is 2.40. The zero-order chi connectivity index (χ0) is 10.8. The summed E-state index contributed by atoms with van der Waals surface area (Å²) in [7, 11) is 0. The lowest BCUT2D eigenvalue weighted by atomic mass is 10.4. The zero-order valence-electron chi connectivity index (χ0n) is 7.63. The standard InChI is InChI=1S/C8H6N2O3S2/c1-4-9-10-8(15-4)13-5-2-6(7(11)12)14-3-5/h2-3H,1H3,(H,11,12). The number of aromatic nitrogens is 2. The first-order chi connectivity index (χ1) is 7.15. The number of aryl methyl sites for hydroxylation is 1. The Morgan fingerprint density at radius 1 is 1.53 bits per heavy atom. The maximum atomic E-state index is 10.6. The average molecular weight is 242 g/mol. The maximum Gasteiger partial charge on any atom is 0.346 e. The van der Waals surface area contributed by atoms with Crippen molar-refractivity contribution in [3.8, 4) is 10.9 Å². The van der Waals surface area contributed by atoms with Crippen molar-refractivity contribution in [2.45, 2.75) is 6.92 Å². The second-order valence-corrected chi connectivity index (χ2v) is 4.70. The summed E-state index contributed by atoms with van der Waals surface area (Å²) in [5.41, 5.74) is 0. The maximum absolute atomic E-state index is 10.6. The number of nitrogens with zero attached hydrogens (tertiary/aromatic N) is 2. The Bertz CT molecular complexity index is 492. The van der Waals surface area contributed by atoms with E-state index in [4.69, 9.17) is 9.84 Å². The normalized spacial score (nSPS) is 10.2. The van der Waals surface area contributed by atoms with Gasteiger partial charge in [-0.25, -0.2) is 4.79 Å². The molecule has 0 atom stereocenters. The van der Waals surface area contributed by atoms with E-state index < -0.39 is 5.97 Å². The van der Waals surface area contributed by atoms with E-state index in [9.17, 15) is 4.79 Å². The Kier molecular flexibility index (Phi) is 2.65. The Morgan fingerprint density at radius 2 is 2.33 bits per heavy atom. The highest BCUT2D eigenvalue weighted by Gasteiger charge is 2.09. The van der Waals surface area contributed by atoms with Crippen molar-refractivity contribution in [1.82, 2.24) is 10.2 Å². The van der Waals surface area contributed by atoms with Gasteiger partial charge in [-0.05, 0) is 6.92 Å². The highest BCUT2D eigenvalue weighted by molar-refractivity contribution is 7.13. The Balaban J connectivity index is 2.14. The summed E-state index contributed by atoms with van der Waals surface area (Å²) in [6, 6.07) is 1.46. The van der Waals surface area contributed by atoms with E-state index in [1.807, 2.05) is 6.92 Å². The number of hydrogen-bond donors (Lipinski definition) is 1. The van der Waals surface area contributed by atoms with Gasteiger partial charge in [-0.2, -0.15) is 0 Å². The van der Waals surface area contributed by atoms with E-state index in [2.05, 4.69) is 10.2 Å². The molecule has 2 rings (SSSR count). The lowest BCUT2D eigenvalue weighted by molar-refractivity contribution is 0.0702. The number of carboxylic acid groups (broad SMARTS) is 1. The van der Waals surface area contributed by atoms with Crippen LogP contribution in [0.2, 0.25) is 0 Å². The number of carboxylic acids is 1. The Labute approximate surface area is 93.0 Å². The van der Waals surface area contributed by atoms with Gasteiger partial charge < -0.3 is 9.84 Å². The molecule has 0 saturated heterocycles. The molecular formula is C8H6N2O3S2. The minimum Gasteiger partial charge on any atom is -0.477 e. The topological polar surface area (TPSA) is 72.3 Å². The molecule has 0 aliphatic heterocycles. The fraction of sp³-hybridized carbons (Fsp3) is 0.125. The van der Waals surface area contributed by atoms with Crippen LogP contribution >= 0.6 is 22.7 Å². The van der Waals surface area contributed by atoms with Crippen molar-refractivity contribution in [3.05, 3.63) is 21.3 Å². The van der Waals surface area contributed by atoms with Gasteiger partial charge in [-0.15, -0.1) is 16.4 Å². The van der Waals surface area contributed by atoms with E-state index in [0.29, 0.717) is 10.9 Å². The summed E-state index contributed by atoms with van der Waals surface area (Å²) >= 11 is 2.43. The summed E-state index contributed by atoms with van der Waals surface area (Å²) in [6.45, 7) is 1.82.